The van der Waals surface area contributed by atoms with E-state index in [1.165, 1.54) is 17.0 Å². The molecular weight excluding hydrogens is 309 g/mol. The molecule has 1 heterocycles. The van der Waals surface area contributed by atoms with Crippen LogP contribution in [0.25, 0.3) is 0 Å². The molecule has 1 aromatic carbocycles. The number of quaternary nitrogens is 1. The molecule has 2 N–H and O–H groups in total. The van der Waals surface area contributed by atoms with Gasteiger partial charge in [0.1, 0.15) is 5.82 Å². The first-order valence-electron chi connectivity index (χ1n) is 8.72. The van der Waals surface area contributed by atoms with Crippen molar-refractivity contribution in [3.63, 3.8) is 0 Å². The van der Waals surface area contributed by atoms with E-state index < -0.39 is 0 Å². The Morgan fingerprint density at radius 1 is 1.29 bits per heavy atom. The van der Waals surface area contributed by atoms with Crippen LogP contribution in [0, 0.1) is 11.7 Å². The molecule has 1 fully saturated rings. The van der Waals surface area contributed by atoms with Crippen molar-refractivity contribution < 1.29 is 18.9 Å². The van der Waals surface area contributed by atoms with Crippen LogP contribution in [0.2, 0.25) is 0 Å². The summed E-state index contributed by atoms with van der Waals surface area (Å²) in [6.45, 7) is 8.54. The van der Waals surface area contributed by atoms with Gasteiger partial charge >= 0.3 is 0 Å². The minimum absolute atomic E-state index is 0.0671. The van der Waals surface area contributed by atoms with Crippen LogP contribution in [0.5, 0.6) is 0 Å². The van der Waals surface area contributed by atoms with Crippen molar-refractivity contribution in [1.29, 1.82) is 0 Å². The Hall–Kier alpha value is -1.95. The zero-order chi connectivity index (χ0) is 17.5. The van der Waals surface area contributed by atoms with E-state index in [1.807, 2.05) is 0 Å². The van der Waals surface area contributed by atoms with Gasteiger partial charge in [0.25, 0.3) is 0 Å². The third kappa shape index (κ3) is 4.77. The second kappa shape index (κ2) is 8.78. The molecule has 0 aromatic heterocycles. The number of amides is 2. The standard InChI is InChI=1S/C18H26FN3O2/c1-3-21(4-2)11-5-10-20-18(24)14-12-17(23)22(13-14)16-8-6-15(19)7-9-16/h6-9,14H,3-5,10-13H2,1-2H3,(H,20,24)/p+1/t14-/m1/s1. The SMILES string of the molecule is CC[NH+](CC)CCCNC(=O)[C@@H]1CC(=O)N(c2ccc(F)cc2)C1. The van der Waals surface area contributed by atoms with E-state index >= 15 is 0 Å². The van der Waals surface area contributed by atoms with Gasteiger partial charge in [-0.1, -0.05) is 0 Å². The normalized spacial score (nSPS) is 17.6. The third-order valence-corrected chi connectivity index (χ3v) is 4.64. The molecule has 6 heteroatoms. The van der Waals surface area contributed by atoms with Crippen molar-refractivity contribution in [1.82, 2.24) is 5.32 Å². The molecule has 2 amide bonds. The smallest absolute Gasteiger partial charge is 0.227 e. The maximum atomic E-state index is 13.0. The molecule has 0 radical (unpaired) electrons. The van der Waals surface area contributed by atoms with Crippen LogP contribution < -0.4 is 15.1 Å². The number of rotatable bonds is 8. The van der Waals surface area contributed by atoms with Crippen LogP contribution in [0.4, 0.5) is 10.1 Å². The van der Waals surface area contributed by atoms with Gasteiger partial charge in [0, 0.05) is 31.6 Å². The highest BCUT2D eigenvalue weighted by atomic mass is 19.1. The highest BCUT2D eigenvalue weighted by molar-refractivity contribution is 6.00. The second-order valence-corrected chi connectivity index (χ2v) is 6.23. The minimum Gasteiger partial charge on any atom is -0.356 e. The van der Waals surface area contributed by atoms with Crippen molar-refractivity contribution in [3.8, 4) is 0 Å². The molecule has 0 bridgehead atoms. The first-order chi connectivity index (χ1) is 11.5. The van der Waals surface area contributed by atoms with Crippen LogP contribution in [0.3, 0.4) is 0 Å². The molecule has 0 saturated carbocycles. The summed E-state index contributed by atoms with van der Waals surface area (Å²) in [7, 11) is 0. The number of carbonyl (C=O) groups excluding carboxylic acids is 2. The highest BCUT2D eigenvalue weighted by Gasteiger charge is 2.34. The first kappa shape index (κ1) is 18.4. The topological polar surface area (TPSA) is 53.9 Å². The van der Waals surface area contributed by atoms with E-state index in [-0.39, 0.29) is 30.0 Å². The summed E-state index contributed by atoms with van der Waals surface area (Å²) in [4.78, 5) is 27.4. The van der Waals surface area contributed by atoms with Gasteiger partial charge in [-0.15, -0.1) is 0 Å². The predicted octanol–water partition coefficient (Wildman–Crippen LogP) is 0.610. The first-order valence-corrected chi connectivity index (χ1v) is 8.72. The van der Waals surface area contributed by atoms with Crippen molar-refractivity contribution in [3.05, 3.63) is 30.1 Å². The minimum atomic E-state index is -0.338. The molecular formula is C18H27FN3O2+. The molecule has 132 valence electrons. The van der Waals surface area contributed by atoms with Crippen molar-refractivity contribution in [2.75, 3.05) is 37.6 Å². The Kier molecular flexibility index (Phi) is 6.73. The molecule has 2 rings (SSSR count). The quantitative estimate of drug-likeness (QED) is 0.684. The van der Waals surface area contributed by atoms with Crippen LogP contribution in [-0.2, 0) is 9.59 Å². The van der Waals surface area contributed by atoms with Gasteiger partial charge in [-0.05, 0) is 38.1 Å². The molecule has 0 spiro atoms. The van der Waals surface area contributed by atoms with Crippen molar-refractivity contribution in [2.24, 2.45) is 5.92 Å². The Morgan fingerprint density at radius 2 is 1.96 bits per heavy atom. The molecule has 24 heavy (non-hydrogen) atoms. The lowest BCUT2D eigenvalue weighted by atomic mass is 10.1. The van der Waals surface area contributed by atoms with Gasteiger partial charge in [0.15, 0.2) is 0 Å². The van der Waals surface area contributed by atoms with Gasteiger partial charge in [0.05, 0.1) is 25.6 Å². The molecule has 1 aliphatic heterocycles. The van der Waals surface area contributed by atoms with Crippen LogP contribution in [-0.4, -0.2) is 44.5 Å². The average Bonchev–Trinajstić information content (AvgIpc) is 2.97. The predicted molar refractivity (Wildman–Crippen MR) is 91.4 cm³/mol. The second-order valence-electron chi connectivity index (χ2n) is 6.23. The summed E-state index contributed by atoms with van der Waals surface area (Å²) in [5, 5.41) is 2.94. The molecule has 1 saturated heterocycles. The Labute approximate surface area is 142 Å². The Balaban J connectivity index is 1.80. The van der Waals surface area contributed by atoms with Gasteiger partial charge in [-0.2, -0.15) is 0 Å². The number of benzene rings is 1. The number of nitrogens with zero attached hydrogens (tertiary/aromatic N) is 1. The summed E-state index contributed by atoms with van der Waals surface area (Å²) in [6.07, 6.45) is 1.15. The molecule has 1 atom stereocenters. The number of hydrogen-bond acceptors (Lipinski definition) is 2. The molecule has 1 aliphatic rings. The number of halogens is 1. The summed E-state index contributed by atoms with van der Waals surface area (Å²) >= 11 is 0. The van der Waals surface area contributed by atoms with Crippen LogP contribution in [0.15, 0.2) is 24.3 Å². The lowest BCUT2D eigenvalue weighted by molar-refractivity contribution is -0.896. The Bertz CT molecular complexity index is 558. The van der Waals surface area contributed by atoms with E-state index in [1.54, 1.807) is 17.0 Å². The Morgan fingerprint density at radius 3 is 2.58 bits per heavy atom. The van der Waals surface area contributed by atoms with Crippen molar-refractivity contribution in [2.45, 2.75) is 26.7 Å². The third-order valence-electron chi connectivity index (χ3n) is 4.64. The summed E-state index contributed by atoms with van der Waals surface area (Å²) in [6, 6.07) is 5.79. The molecule has 0 aliphatic carbocycles. The fraction of sp³-hybridized carbons (Fsp3) is 0.556. The number of anilines is 1. The molecule has 5 nitrogen and oxygen atoms in total. The summed E-state index contributed by atoms with van der Waals surface area (Å²) < 4.78 is 13.0. The summed E-state index contributed by atoms with van der Waals surface area (Å²) in [5.41, 5.74) is 0.641. The molecule has 1 aromatic rings. The van der Waals surface area contributed by atoms with Gasteiger partial charge in [-0.25, -0.2) is 4.39 Å². The number of nitrogens with one attached hydrogen (secondary N) is 2. The fourth-order valence-electron chi connectivity index (χ4n) is 3.05. The maximum absolute atomic E-state index is 13.0. The monoisotopic (exact) mass is 336 g/mol. The maximum Gasteiger partial charge on any atom is 0.227 e. The van der Waals surface area contributed by atoms with Crippen molar-refractivity contribution >= 4 is 17.5 Å². The molecule has 0 unspecified atom stereocenters. The highest BCUT2D eigenvalue weighted by Crippen LogP contribution is 2.25. The summed E-state index contributed by atoms with van der Waals surface area (Å²) in [5.74, 6) is -0.824. The van der Waals surface area contributed by atoms with Gasteiger partial charge in [0.2, 0.25) is 11.8 Å². The van der Waals surface area contributed by atoms with E-state index in [0.29, 0.717) is 18.8 Å². The van der Waals surface area contributed by atoms with E-state index in [0.717, 1.165) is 26.1 Å². The van der Waals surface area contributed by atoms with Gasteiger partial charge < -0.3 is 15.1 Å². The largest absolute Gasteiger partial charge is 0.356 e. The van der Waals surface area contributed by atoms with E-state index in [4.69, 9.17) is 0 Å². The van der Waals surface area contributed by atoms with Crippen LogP contribution >= 0.6 is 0 Å². The lowest BCUT2D eigenvalue weighted by Crippen LogP contribution is -3.11. The lowest BCUT2D eigenvalue weighted by Gasteiger charge is -2.17. The zero-order valence-corrected chi connectivity index (χ0v) is 14.5. The fourth-order valence-corrected chi connectivity index (χ4v) is 3.05. The van der Waals surface area contributed by atoms with E-state index in [9.17, 15) is 14.0 Å². The van der Waals surface area contributed by atoms with Crippen LogP contribution in [0.1, 0.15) is 26.7 Å². The van der Waals surface area contributed by atoms with E-state index in [2.05, 4.69) is 19.2 Å². The zero-order valence-electron chi connectivity index (χ0n) is 14.5. The average molecular weight is 336 g/mol. The number of carbonyl (C=O) groups is 2. The van der Waals surface area contributed by atoms with Gasteiger partial charge in [-0.3, -0.25) is 9.59 Å². The number of hydrogen-bond donors (Lipinski definition) is 2.